The van der Waals surface area contributed by atoms with Crippen LogP contribution in [0.1, 0.15) is 5.69 Å². The zero-order chi connectivity index (χ0) is 12.5. The third kappa shape index (κ3) is 1.42. The van der Waals surface area contributed by atoms with Crippen LogP contribution in [0, 0.1) is 11.3 Å². The van der Waals surface area contributed by atoms with Crippen molar-refractivity contribution in [2.45, 2.75) is 0 Å². The van der Waals surface area contributed by atoms with E-state index in [9.17, 15) is 0 Å². The molecule has 3 aromatic rings. The number of nitriles is 1. The minimum absolute atomic E-state index is 0.554. The Morgan fingerprint density at radius 2 is 2.00 bits per heavy atom. The standard InChI is InChI=1S/C14H10N4/c15-8-10-4-3-7-18(10)14-11-5-1-2-6-13(11)17-9-12(14)16/h1-7,9H,16H2. The van der Waals surface area contributed by atoms with E-state index in [0.29, 0.717) is 11.4 Å². The van der Waals surface area contributed by atoms with Gasteiger partial charge in [0.2, 0.25) is 0 Å². The highest BCUT2D eigenvalue weighted by Gasteiger charge is 2.10. The molecule has 1 aromatic carbocycles. The number of nitrogen functional groups attached to an aromatic ring is 1. The highest BCUT2D eigenvalue weighted by Crippen LogP contribution is 2.27. The number of aromatic nitrogens is 2. The fourth-order valence-electron chi connectivity index (χ4n) is 2.08. The molecule has 0 aliphatic rings. The van der Waals surface area contributed by atoms with Crippen molar-refractivity contribution in [3.8, 4) is 11.8 Å². The normalized spacial score (nSPS) is 10.4. The number of fused-ring (bicyclic) bond motifs is 1. The molecule has 0 spiro atoms. The van der Waals surface area contributed by atoms with Crippen LogP contribution >= 0.6 is 0 Å². The number of rotatable bonds is 1. The van der Waals surface area contributed by atoms with E-state index in [0.717, 1.165) is 16.6 Å². The van der Waals surface area contributed by atoms with Gasteiger partial charge in [-0.1, -0.05) is 18.2 Å². The van der Waals surface area contributed by atoms with Gasteiger partial charge in [0.25, 0.3) is 0 Å². The lowest BCUT2D eigenvalue weighted by molar-refractivity contribution is 1.06. The Balaban J connectivity index is 2.42. The summed E-state index contributed by atoms with van der Waals surface area (Å²) in [6.07, 6.45) is 3.45. The molecule has 0 atom stereocenters. The quantitative estimate of drug-likeness (QED) is 0.703. The first-order valence-electron chi connectivity index (χ1n) is 5.52. The van der Waals surface area contributed by atoms with E-state index in [1.807, 2.05) is 36.5 Å². The molecule has 0 radical (unpaired) electrons. The van der Waals surface area contributed by atoms with Crippen LogP contribution in [-0.2, 0) is 0 Å². The molecule has 0 amide bonds. The minimum Gasteiger partial charge on any atom is -0.396 e. The van der Waals surface area contributed by atoms with Gasteiger partial charge in [0.05, 0.1) is 23.1 Å². The van der Waals surface area contributed by atoms with Gasteiger partial charge < -0.3 is 10.3 Å². The molecular formula is C14H10N4. The molecule has 18 heavy (non-hydrogen) atoms. The summed E-state index contributed by atoms with van der Waals surface area (Å²) < 4.78 is 1.79. The summed E-state index contributed by atoms with van der Waals surface area (Å²) in [7, 11) is 0. The number of anilines is 1. The van der Waals surface area contributed by atoms with Crippen molar-refractivity contribution in [3.63, 3.8) is 0 Å². The third-order valence-electron chi connectivity index (χ3n) is 2.88. The van der Waals surface area contributed by atoms with Gasteiger partial charge in [0.1, 0.15) is 11.8 Å². The first-order valence-corrected chi connectivity index (χ1v) is 5.52. The fraction of sp³-hybridized carbons (Fsp3) is 0. The zero-order valence-corrected chi connectivity index (χ0v) is 9.54. The average molecular weight is 234 g/mol. The van der Waals surface area contributed by atoms with Crippen molar-refractivity contribution in [2.75, 3.05) is 5.73 Å². The van der Waals surface area contributed by atoms with Gasteiger partial charge in [0, 0.05) is 11.6 Å². The van der Waals surface area contributed by atoms with Crippen molar-refractivity contribution in [1.82, 2.24) is 9.55 Å². The Bertz CT molecular complexity index is 765. The summed E-state index contributed by atoms with van der Waals surface area (Å²) in [5.74, 6) is 0. The summed E-state index contributed by atoms with van der Waals surface area (Å²) >= 11 is 0. The molecule has 4 nitrogen and oxygen atoms in total. The Kier molecular flexibility index (Phi) is 2.24. The number of hydrogen-bond acceptors (Lipinski definition) is 3. The maximum Gasteiger partial charge on any atom is 0.124 e. The fourth-order valence-corrected chi connectivity index (χ4v) is 2.08. The van der Waals surface area contributed by atoms with Gasteiger partial charge in [-0.2, -0.15) is 5.26 Å². The van der Waals surface area contributed by atoms with Crippen LogP contribution in [0.25, 0.3) is 16.6 Å². The number of hydrogen-bond donors (Lipinski definition) is 1. The molecule has 0 saturated heterocycles. The van der Waals surface area contributed by atoms with Crippen LogP contribution in [0.3, 0.4) is 0 Å². The minimum atomic E-state index is 0.554. The summed E-state index contributed by atoms with van der Waals surface area (Å²) in [6, 6.07) is 13.5. The largest absolute Gasteiger partial charge is 0.396 e. The van der Waals surface area contributed by atoms with Crippen molar-refractivity contribution in [3.05, 3.63) is 54.5 Å². The van der Waals surface area contributed by atoms with Gasteiger partial charge in [-0.15, -0.1) is 0 Å². The Morgan fingerprint density at radius 1 is 1.17 bits per heavy atom. The van der Waals surface area contributed by atoms with E-state index in [4.69, 9.17) is 11.0 Å². The molecule has 0 aliphatic carbocycles. The predicted molar refractivity (Wildman–Crippen MR) is 70.2 cm³/mol. The lowest BCUT2D eigenvalue weighted by Crippen LogP contribution is -2.02. The van der Waals surface area contributed by atoms with Gasteiger partial charge in [-0.3, -0.25) is 4.98 Å². The second-order valence-electron chi connectivity index (χ2n) is 3.95. The smallest absolute Gasteiger partial charge is 0.124 e. The Hall–Kier alpha value is -2.80. The van der Waals surface area contributed by atoms with E-state index in [2.05, 4.69) is 11.1 Å². The molecule has 2 heterocycles. The second kappa shape index (κ2) is 3.90. The summed E-state index contributed by atoms with van der Waals surface area (Å²) in [5.41, 5.74) is 8.79. The second-order valence-corrected chi connectivity index (χ2v) is 3.95. The van der Waals surface area contributed by atoms with E-state index >= 15 is 0 Å². The summed E-state index contributed by atoms with van der Waals surface area (Å²) in [5, 5.41) is 10.0. The Morgan fingerprint density at radius 3 is 2.83 bits per heavy atom. The summed E-state index contributed by atoms with van der Waals surface area (Å²) in [6.45, 7) is 0. The maximum atomic E-state index is 9.10. The summed E-state index contributed by atoms with van der Waals surface area (Å²) in [4.78, 5) is 4.29. The van der Waals surface area contributed by atoms with Gasteiger partial charge in [-0.25, -0.2) is 0 Å². The van der Waals surface area contributed by atoms with Gasteiger partial charge >= 0.3 is 0 Å². The molecule has 0 unspecified atom stereocenters. The molecular weight excluding hydrogens is 224 g/mol. The highest BCUT2D eigenvalue weighted by molar-refractivity contribution is 5.92. The van der Waals surface area contributed by atoms with E-state index in [1.165, 1.54) is 0 Å². The lowest BCUT2D eigenvalue weighted by Gasteiger charge is -2.11. The van der Waals surface area contributed by atoms with Crippen LogP contribution in [0.5, 0.6) is 0 Å². The van der Waals surface area contributed by atoms with Crippen molar-refractivity contribution >= 4 is 16.6 Å². The third-order valence-corrected chi connectivity index (χ3v) is 2.88. The number of pyridine rings is 1. The topological polar surface area (TPSA) is 67.6 Å². The van der Waals surface area contributed by atoms with Crippen LogP contribution in [0.15, 0.2) is 48.8 Å². The van der Waals surface area contributed by atoms with Crippen molar-refractivity contribution in [2.24, 2.45) is 0 Å². The number of benzene rings is 1. The van der Waals surface area contributed by atoms with Gasteiger partial charge in [-0.05, 0) is 18.2 Å². The monoisotopic (exact) mass is 234 g/mol. The number of nitrogens with two attached hydrogens (primary N) is 1. The van der Waals surface area contributed by atoms with Crippen LogP contribution in [-0.4, -0.2) is 9.55 Å². The molecule has 0 bridgehead atoms. The number of nitrogens with zero attached hydrogens (tertiary/aromatic N) is 3. The highest BCUT2D eigenvalue weighted by atomic mass is 15.0. The van der Waals surface area contributed by atoms with Crippen LogP contribution in [0.4, 0.5) is 5.69 Å². The zero-order valence-electron chi connectivity index (χ0n) is 9.54. The van der Waals surface area contributed by atoms with E-state index < -0.39 is 0 Å². The van der Waals surface area contributed by atoms with E-state index in [1.54, 1.807) is 16.8 Å². The van der Waals surface area contributed by atoms with Crippen LogP contribution < -0.4 is 5.73 Å². The first kappa shape index (κ1) is 10.4. The number of para-hydroxylation sites is 1. The molecule has 0 fully saturated rings. The molecule has 3 rings (SSSR count). The van der Waals surface area contributed by atoms with Crippen molar-refractivity contribution in [1.29, 1.82) is 5.26 Å². The lowest BCUT2D eigenvalue weighted by atomic mass is 10.1. The average Bonchev–Trinajstić information content (AvgIpc) is 2.86. The molecule has 2 N–H and O–H groups in total. The van der Waals surface area contributed by atoms with Gasteiger partial charge in [0.15, 0.2) is 0 Å². The molecule has 2 aromatic heterocycles. The first-order chi connectivity index (χ1) is 8.81. The maximum absolute atomic E-state index is 9.10. The SMILES string of the molecule is N#Cc1cccn1-c1c(N)cnc2ccccc12. The van der Waals surface area contributed by atoms with Crippen molar-refractivity contribution < 1.29 is 0 Å². The molecule has 0 aliphatic heterocycles. The molecule has 4 heteroatoms. The molecule has 0 saturated carbocycles. The van der Waals surface area contributed by atoms with Crippen LogP contribution in [0.2, 0.25) is 0 Å². The molecule has 86 valence electrons. The Labute approximate surface area is 104 Å². The predicted octanol–water partition coefficient (Wildman–Crippen LogP) is 2.48. The van der Waals surface area contributed by atoms with E-state index in [-0.39, 0.29) is 0 Å².